The van der Waals surface area contributed by atoms with Crippen molar-refractivity contribution in [2.45, 2.75) is 39.3 Å². The predicted molar refractivity (Wildman–Crippen MR) is 138 cm³/mol. The van der Waals surface area contributed by atoms with E-state index in [1.54, 1.807) is 17.2 Å². The molecule has 2 atom stereocenters. The molecule has 4 rings (SSSR count). The van der Waals surface area contributed by atoms with Gasteiger partial charge in [0.05, 0.1) is 18.6 Å². The molecule has 0 aliphatic carbocycles. The van der Waals surface area contributed by atoms with Crippen LogP contribution in [0.1, 0.15) is 38.8 Å². The molecule has 3 aromatic rings. The van der Waals surface area contributed by atoms with Gasteiger partial charge in [0.25, 0.3) is 0 Å². The number of nitrogen functional groups attached to an aromatic ring is 1. The van der Waals surface area contributed by atoms with Crippen molar-refractivity contribution in [1.29, 1.82) is 0 Å². The Balaban J connectivity index is 1.71. The summed E-state index contributed by atoms with van der Waals surface area (Å²) in [5, 5.41) is 14.5. The molecule has 36 heavy (non-hydrogen) atoms. The van der Waals surface area contributed by atoms with Crippen LogP contribution in [0.3, 0.4) is 0 Å². The van der Waals surface area contributed by atoms with Gasteiger partial charge in [-0.05, 0) is 74.5 Å². The van der Waals surface area contributed by atoms with Gasteiger partial charge in [-0.3, -0.25) is 9.59 Å². The van der Waals surface area contributed by atoms with E-state index in [1.165, 1.54) is 0 Å². The summed E-state index contributed by atoms with van der Waals surface area (Å²) in [6.45, 7) is 6.77. The highest BCUT2D eigenvalue weighted by molar-refractivity contribution is 5.94. The number of nitrogens with two attached hydrogens (primary N) is 1. The SMILES string of the molecule is CCOc1cc(C(Nc2ccc3c(N)nccc3c2)C(=O)N2CCC(C(=O)O)C2)ccc1OC(C)C. The van der Waals surface area contributed by atoms with Gasteiger partial charge in [0.2, 0.25) is 5.91 Å². The van der Waals surface area contributed by atoms with Crippen molar-refractivity contribution in [3.05, 3.63) is 54.2 Å². The highest BCUT2D eigenvalue weighted by Crippen LogP contribution is 2.34. The lowest BCUT2D eigenvalue weighted by atomic mass is 10.0. The maximum atomic E-state index is 13.7. The summed E-state index contributed by atoms with van der Waals surface area (Å²) in [6, 6.07) is 12.2. The summed E-state index contributed by atoms with van der Waals surface area (Å²) in [5.74, 6) is -0.0670. The van der Waals surface area contributed by atoms with E-state index < -0.39 is 17.9 Å². The van der Waals surface area contributed by atoms with Crippen LogP contribution in [0.4, 0.5) is 11.5 Å². The number of nitrogens with one attached hydrogen (secondary N) is 1. The molecule has 1 aliphatic heterocycles. The number of aromatic nitrogens is 1. The minimum Gasteiger partial charge on any atom is -0.490 e. The summed E-state index contributed by atoms with van der Waals surface area (Å²) >= 11 is 0. The number of carbonyl (C=O) groups is 2. The molecule has 1 aliphatic rings. The van der Waals surface area contributed by atoms with Gasteiger partial charge in [-0.2, -0.15) is 0 Å². The number of benzene rings is 2. The van der Waals surface area contributed by atoms with Gasteiger partial charge in [0.1, 0.15) is 11.9 Å². The zero-order valence-electron chi connectivity index (χ0n) is 20.7. The molecule has 1 amide bonds. The van der Waals surface area contributed by atoms with E-state index >= 15 is 0 Å². The van der Waals surface area contributed by atoms with Gasteiger partial charge in [0.15, 0.2) is 11.5 Å². The molecule has 0 radical (unpaired) electrons. The van der Waals surface area contributed by atoms with Gasteiger partial charge in [0, 0.05) is 30.4 Å². The normalized spacial score (nSPS) is 16.2. The maximum absolute atomic E-state index is 13.7. The number of fused-ring (bicyclic) bond motifs is 1. The summed E-state index contributed by atoms with van der Waals surface area (Å²) in [6.07, 6.45) is 2.03. The van der Waals surface area contributed by atoms with E-state index in [9.17, 15) is 14.7 Å². The van der Waals surface area contributed by atoms with Gasteiger partial charge >= 0.3 is 5.97 Å². The van der Waals surface area contributed by atoms with E-state index in [4.69, 9.17) is 15.2 Å². The largest absolute Gasteiger partial charge is 0.490 e. The van der Waals surface area contributed by atoms with Crippen molar-refractivity contribution in [1.82, 2.24) is 9.88 Å². The predicted octanol–water partition coefficient (Wildman–Crippen LogP) is 4.09. The summed E-state index contributed by atoms with van der Waals surface area (Å²) < 4.78 is 11.7. The zero-order valence-corrected chi connectivity index (χ0v) is 20.7. The third kappa shape index (κ3) is 5.45. The third-order valence-electron chi connectivity index (χ3n) is 6.17. The number of carboxylic acids is 1. The van der Waals surface area contributed by atoms with E-state index in [1.807, 2.05) is 57.2 Å². The molecule has 4 N–H and O–H groups in total. The van der Waals surface area contributed by atoms with Gasteiger partial charge < -0.3 is 30.5 Å². The molecule has 1 fully saturated rings. The average Bonchev–Trinajstić information content (AvgIpc) is 3.34. The number of amides is 1. The van der Waals surface area contributed by atoms with Crippen LogP contribution in [0.2, 0.25) is 0 Å². The lowest BCUT2D eigenvalue weighted by Gasteiger charge is -2.26. The minimum absolute atomic E-state index is 0.0392. The van der Waals surface area contributed by atoms with Crippen molar-refractivity contribution in [3.8, 4) is 11.5 Å². The Labute approximate surface area is 210 Å². The molecule has 2 aromatic carbocycles. The maximum Gasteiger partial charge on any atom is 0.308 e. The van der Waals surface area contributed by atoms with Crippen LogP contribution in [0, 0.1) is 5.92 Å². The summed E-state index contributed by atoms with van der Waals surface area (Å²) in [5.41, 5.74) is 7.41. The monoisotopic (exact) mass is 492 g/mol. The summed E-state index contributed by atoms with van der Waals surface area (Å²) in [7, 11) is 0. The Morgan fingerprint density at radius 3 is 2.69 bits per heavy atom. The fourth-order valence-corrected chi connectivity index (χ4v) is 4.41. The number of likely N-dealkylation sites (tertiary alicyclic amines) is 1. The minimum atomic E-state index is -0.885. The van der Waals surface area contributed by atoms with Gasteiger partial charge in [-0.15, -0.1) is 0 Å². The smallest absolute Gasteiger partial charge is 0.308 e. The zero-order chi connectivity index (χ0) is 25.8. The molecule has 0 bridgehead atoms. The molecule has 0 spiro atoms. The van der Waals surface area contributed by atoms with Crippen LogP contribution in [-0.4, -0.2) is 52.7 Å². The van der Waals surface area contributed by atoms with E-state index in [0.717, 1.165) is 16.5 Å². The molecule has 1 saturated heterocycles. The molecule has 9 nitrogen and oxygen atoms in total. The van der Waals surface area contributed by atoms with Crippen LogP contribution in [0.5, 0.6) is 11.5 Å². The van der Waals surface area contributed by atoms with Crippen molar-refractivity contribution in [2.24, 2.45) is 5.92 Å². The first-order valence-electron chi connectivity index (χ1n) is 12.1. The first-order valence-corrected chi connectivity index (χ1v) is 12.1. The van der Waals surface area contributed by atoms with E-state index in [2.05, 4.69) is 10.3 Å². The van der Waals surface area contributed by atoms with Gasteiger partial charge in [-0.25, -0.2) is 4.98 Å². The van der Waals surface area contributed by atoms with Crippen LogP contribution >= 0.6 is 0 Å². The van der Waals surface area contributed by atoms with Gasteiger partial charge in [-0.1, -0.05) is 6.07 Å². The molecule has 190 valence electrons. The second-order valence-electron chi connectivity index (χ2n) is 9.12. The van der Waals surface area contributed by atoms with Crippen molar-refractivity contribution < 1.29 is 24.2 Å². The molecule has 1 aromatic heterocycles. The number of anilines is 2. The van der Waals surface area contributed by atoms with Crippen LogP contribution in [0.25, 0.3) is 10.8 Å². The number of carboxylic acid groups (broad SMARTS) is 1. The molecule has 2 unspecified atom stereocenters. The number of pyridine rings is 1. The number of hydrogen-bond acceptors (Lipinski definition) is 7. The standard InChI is InChI=1S/C27H32N4O5/c1-4-35-23-14-18(5-8-22(23)36-16(2)3)24(26(32)31-12-10-19(15-31)27(33)34)30-20-6-7-21-17(13-20)9-11-29-25(21)28/h5-9,11,13-14,16,19,24,30H,4,10,12,15H2,1-3H3,(H2,28,29)(H,33,34). The van der Waals surface area contributed by atoms with E-state index in [-0.39, 0.29) is 18.6 Å². The fraction of sp³-hybridized carbons (Fsp3) is 0.370. The Morgan fingerprint density at radius 1 is 1.19 bits per heavy atom. The lowest BCUT2D eigenvalue weighted by molar-refractivity contribution is -0.141. The van der Waals surface area contributed by atoms with Crippen LogP contribution in [-0.2, 0) is 9.59 Å². The van der Waals surface area contributed by atoms with Crippen LogP contribution < -0.4 is 20.5 Å². The van der Waals surface area contributed by atoms with Crippen LogP contribution in [0.15, 0.2) is 48.7 Å². The highest BCUT2D eigenvalue weighted by Gasteiger charge is 2.35. The Hall–Kier alpha value is -4.01. The van der Waals surface area contributed by atoms with Crippen molar-refractivity contribution >= 4 is 34.2 Å². The number of nitrogens with zero attached hydrogens (tertiary/aromatic N) is 2. The number of aliphatic carboxylic acids is 1. The number of hydrogen-bond donors (Lipinski definition) is 3. The quantitative estimate of drug-likeness (QED) is 0.408. The third-order valence-corrected chi connectivity index (χ3v) is 6.17. The highest BCUT2D eigenvalue weighted by atomic mass is 16.5. The Morgan fingerprint density at radius 2 is 2.00 bits per heavy atom. The second kappa shape index (κ2) is 10.7. The van der Waals surface area contributed by atoms with Crippen molar-refractivity contribution in [3.63, 3.8) is 0 Å². The average molecular weight is 493 g/mol. The molecule has 9 heteroatoms. The molecular weight excluding hydrogens is 460 g/mol. The Bertz CT molecular complexity index is 1260. The lowest BCUT2D eigenvalue weighted by Crippen LogP contribution is -2.37. The Kier molecular flexibility index (Phi) is 7.47. The summed E-state index contributed by atoms with van der Waals surface area (Å²) in [4.78, 5) is 31.0. The van der Waals surface area contributed by atoms with E-state index in [0.29, 0.717) is 42.5 Å². The van der Waals surface area contributed by atoms with Crippen molar-refractivity contribution in [2.75, 3.05) is 30.7 Å². The topological polar surface area (TPSA) is 127 Å². The number of rotatable bonds is 9. The number of ether oxygens (including phenoxy) is 2. The first kappa shape index (κ1) is 25.1. The number of carbonyl (C=O) groups excluding carboxylic acids is 1. The second-order valence-corrected chi connectivity index (χ2v) is 9.12. The molecule has 0 saturated carbocycles. The fourth-order valence-electron chi connectivity index (χ4n) is 4.41. The first-order chi connectivity index (χ1) is 17.3. The molecular formula is C27H32N4O5. The molecule has 2 heterocycles.